The number of nitrogens with one attached hydrogen (secondary N) is 1. The van der Waals surface area contributed by atoms with Gasteiger partial charge in [0.05, 0.1) is 5.56 Å². The van der Waals surface area contributed by atoms with Crippen molar-refractivity contribution in [1.29, 1.82) is 0 Å². The predicted octanol–water partition coefficient (Wildman–Crippen LogP) is 6.57. The van der Waals surface area contributed by atoms with Crippen LogP contribution in [0, 0.1) is 0 Å². The van der Waals surface area contributed by atoms with Crippen LogP contribution in [-0.2, 0) is 27.6 Å². The van der Waals surface area contributed by atoms with Gasteiger partial charge in [-0.3, -0.25) is 9.59 Å². The van der Waals surface area contributed by atoms with Crippen molar-refractivity contribution >= 4 is 23.2 Å². The number of benzene rings is 2. The van der Waals surface area contributed by atoms with Crippen LogP contribution in [0.15, 0.2) is 66.3 Å². The maximum atomic E-state index is 13.0. The summed E-state index contributed by atoms with van der Waals surface area (Å²) in [5.41, 5.74) is 3.25. The van der Waals surface area contributed by atoms with E-state index in [0.717, 1.165) is 42.6 Å². The number of carbonyl (C=O) groups is 2. The maximum absolute atomic E-state index is 13.0. The van der Waals surface area contributed by atoms with Crippen LogP contribution in [-0.4, -0.2) is 18.4 Å². The molecule has 184 valence electrons. The van der Waals surface area contributed by atoms with Gasteiger partial charge >= 0.3 is 6.18 Å². The van der Waals surface area contributed by atoms with E-state index in [2.05, 4.69) is 30.5 Å². The number of fused-ring (bicyclic) bond motifs is 1. The maximum Gasteiger partial charge on any atom is 0.416 e. The number of amides is 2. The number of hydrogen-bond acceptors (Lipinski definition) is 2. The summed E-state index contributed by atoms with van der Waals surface area (Å²) in [6, 6.07) is 10.6. The third-order valence-electron chi connectivity index (χ3n) is 7.00. The Morgan fingerprint density at radius 2 is 1.94 bits per heavy atom. The van der Waals surface area contributed by atoms with Crippen LogP contribution in [0.1, 0.15) is 56.2 Å². The molecule has 1 atom stereocenters. The minimum absolute atomic E-state index is 0.0244. The molecule has 0 unspecified atom stereocenters. The van der Waals surface area contributed by atoms with Crippen LogP contribution in [0.3, 0.4) is 0 Å². The number of carbonyl (C=O) groups excluding carboxylic acids is 2. The second-order valence-electron chi connectivity index (χ2n) is 9.39. The first-order valence-electron chi connectivity index (χ1n) is 11.8. The van der Waals surface area contributed by atoms with Gasteiger partial charge in [-0.05, 0) is 61.1 Å². The van der Waals surface area contributed by atoms with Crippen LogP contribution < -0.4 is 10.2 Å². The van der Waals surface area contributed by atoms with E-state index in [9.17, 15) is 22.8 Å². The first-order chi connectivity index (χ1) is 16.6. The first-order valence-corrected chi connectivity index (χ1v) is 11.8. The number of alkyl halides is 3. The number of aryl methyl sites for hydroxylation is 1. The van der Waals surface area contributed by atoms with Gasteiger partial charge in [-0.25, -0.2) is 0 Å². The van der Waals surface area contributed by atoms with Gasteiger partial charge in [0, 0.05) is 36.7 Å². The highest BCUT2D eigenvalue weighted by Crippen LogP contribution is 2.47. The molecule has 35 heavy (non-hydrogen) atoms. The van der Waals surface area contributed by atoms with Crippen molar-refractivity contribution < 1.29 is 22.8 Å². The fraction of sp³-hybridized carbons (Fsp3) is 0.357. The Morgan fingerprint density at radius 3 is 2.63 bits per heavy atom. The van der Waals surface area contributed by atoms with Gasteiger partial charge in [0.1, 0.15) is 0 Å². The van der Waals surface area contributed by atoms with Crippen molar-refractivity contribution in [2.75, 3.05) is 16.8 Å². The molecule has 1 aliphatic heterocycles. The van der Waals surface area contributed by atoms with Gasteiger partial charge in [-0.15, -0.1) is 0 Å². The Balaban J connectivity index is 1.54. The van der Waals surface area contributed by atoms with Crippen LogP contribution >= 0.6 is 0 Å². The smallest absolute Gasteiger partial charge is 0.326 e. The second kappa shape index (κ2) is 9.72. The summed E-state index contributed by atoms with van der Waals surface area (Å²) >= 11 is 0. The summed E-state index contributed by atoms with van der Waals surface area (Å²) in [5, 5.41) is 2.89. The standard InChI is InChI=1S/C28H29F3N2O2/c1-19(34)33-16-15-27(2,21-8-4-3-5-9-21)24-18-23(12-13-25(24)33)32-26(35)14-11-20-7-6-10-22(17-20)28(29,30)31/h3-4,6-8,10,12-13,17-18H,5,9,11,14-16H2,1-2H3,(H,32,35)/t27-/m1/s1. The normalized spacial score (nSPS) is 19.7. The van der Waals surface area contributed by atoms with Gasteiger partial charge in [-0.1, -0.05) is 48.9 Å². The van der Waals surface area contributed by atoms with E-state index in [4.69, 9.17) is 0 Å². The molecule has 1 heterocycles. The highest BCUT2D eigenvalue weighted by molar-refractivity contribution is 5.95. The fourth-order valence-corrected chi connectivity index (χ4v) is 4.99. The molecule has 2 aromatic rings. The third-order valence-corrected chi connectivity index (χ3v) is 7.00. The predicted molar refractivity (Wildman–Crippen MR) is 131 cm³/mol. The zero-order valence-electron chi connectivity index (χ0n) is 19.9. The zero-order chi connectivity index (χ0) is 25.2. The molecule has 0 spiro atoms. The molecule has 0 fully saturated rings. The Hall–Kier alpha value is -3.35. The van der Waals surface area contributed by atoms with Crippen LogP contribution in [0.5, 0.6) is 0 Å². The summed E-state index contributed by atoms with van der Waals surface area (Å²) in [7, 11) is 0. The Bertz CT molecular complexity index is 1200. The SMILES string of the molecule is CC(=O)N1CC[C@](C)(C2=CC=CCC2)c2cc(NC(=O)CCc3cccc(C(F)(F)F)c3)ccc21. The summed E-state index contributed by atoms with van der Waals surface area (Å²) in [5.74, 6) is -0.299. The van der Waals surface area contributed by atoms with E-state index in [1.54, 1.807) is 24.0 Å². The zero-order valence-corrected chi connectivity index (χ0v) is 19.9. The number of rotatable bonds is 5. The van der Waals surface area contributed by atoms with E-state index in [1.807, 2.05) is 12.1 Å². The molecule has 2 aromatic carbocycles. The van der Waals surface area contributed by atoms with Crippen molar-refractivity contribution in [3.05, 3.63) is 83.0 Å². The minimum Gasteiger partial charge on any atom is -0.326 e. The minimum atomic E-state index is -4.41. The quantitative estimate of drug-likeness (QED) is 0.524. The number of hydrogen-bond donors (Lipinski definition) is 1. The average molecular weight is 483 g/mol. The molecule has 2 aliphatic rings. The molecule has 2 amide bonds. The van der Waals surface area contributed by atoms with Crippen molar-refractivity contribution in [1.82, 2.24) is 0 Å². The number of halogens is 3. The van der Waals surface area contributed by atoms with Gasteiger partial charge in [0.2, 0.25) is 11.8 Å². The highest BCUT2D eigenvalue weighted by atomic mass is 19.4. The summed E-state index contributed by atoms with van der Waals surface area (Å²) in [6.45, 7) is 4.37. The first kappa shape index (κ1) is 24.8. The van der Waals surface area contributed by atoms with Crippen molar-refractivity contribution in [3.63, 3.8) is 0 Å². The molecule has 0 saturated heterocycles. The Labute approximate surface area is 203 Å². The molecular formula is C28H29F3N2O2. The lowest BCUT2D eigenvalue weighted by Crippen LogP contribution is -2.42. The molecule has 0 bridgehead atoms. The molecule has 0 saturated carbocycles. The number of anilines is 2. The molecule has 1 N–H and O–H groups in total. The fourth-order valence-electron chi connectivity index (χ4n) is 4.99. The van der Waals surface area contributed by atoms with Gasteiger partial charge in [-0.2, -0.15) is 13.2 Å². The lowest BCUT2D eigenvalue weighted by Gasteiger charge is -2.43. The van der Waals surface area contributed by atoms with Crippen molar-refractivity contribution in [2.45, 2.75) is 57.5 Å². The molecular weight excluding hydrogens is 453 g/mol. The summed E-state index contributed by atoms with van der Waals surface area (Å²) in [6.07, 6.45) is 4.91. The molecule has 1 aliphatic carbocycles. The number of nitrogens with zero attached hydrogens (tertiary/aromatic N) is 1. The Kier molecular flexibility index (Phi) is 6.88. The second-order valence-corrected chi connectivity index (χ2v) is 9.39. The summed E-state index contributed by atoms with van der Waals surface area (Å²) in [4.78, 5) is 26.7. The van der Waals surface area contributed by atoms with Crippen molar-refractivity contribution in [3.8, 4) is 0 Å². The number of allylic oxidation sites excluding steroid dienone is 4. The Morgan fingerprint density at radius 1 is 1.14 bits per heavy atom. The molecule has 0 aromatic heterocycles. The van der Waals surface area contributed by atoms with E-state index in [1.165, 1.54) is 11.6 Å². The lowest BCUT2D eigenvalue weighted by molar-refractivity contribution is -0.137. The largest absolute Gasteiger partial charge is 0.416 e. The average Bonchev–Trinajstić information content (AvgIpc) is 2.83. The molecule has 4 nitrogen and oxygen atoms in total. The van der Waals surface area contributed by atoms with Crippen LogP contribution in [0.2, 0.25) is 0 Å². The molecule has 0 radical (unpaired) electrons. The van der Waals surface area contributed by atoms with Gasteiger partial charge in [0.25, 0.3) is 0 Å². The molecule has 7 heteroatoms. The monoisotopic (exact) mass is 482 g/mol. The van der Waals surface area contributed by atoms with E-state index in [0.29, 0.717) is 17.8 Å². The molecule has 4 rings (SSSR count). The van der Waals surface area contributed by atoms with E-state index >= 15 is 0 Å². The van der Waals surface area contributed by atoms with E-state index in [-0.39, 0.29) is 30.1 Å². The van der Waals surface area contributed by atoms with E-state index < -0.39 is 11.7 Å². The van der Waals surface area contributed by atoms with Gasteiger partial charge in [0.15, 0.2) is 0 Å². The lowest BCUT2D eigenvalue weighted by atomic mass is 9.68. The topological polar surface area (TPSA) is 49.4 Å². The van der Waals surface area contributed by atoms with Crippen LogP contribution in [0.25, 0.3) is 0 Å². The van der Waals surface area contributed by atoms with Gasteiger partial charge < -0.3 is 10.2 Å². The van der Waals surface area contributed by atoms with Crippen LogP contribution in [0.4, 0.5) is 24.5 Å². The van der Waals surface area contributed by atoms with Crippen molar-refractivity contribution in [2.24, 2.45) is 0 Å². The third kappa shape index (κ3) is 5.34. The summed E-state index contributed by atoms with van der Waals surface area (Å²) < 4.78 is 38.9. The highest BCUT2D eigenvalue weighted by Gasteiger charge is 2.39.